The van der Waals surface area contributed by atoms with Gasteiger partial charge in [0.25, 0.3) is 0 Å². The van der Waals surface area contributed by atoms with Gasteiger partial charge in [0.2, 0.25) is 0 Å². The van der Waals surface area contributed by atoms with Gasteiger partial charge in [-0.1, -0.05) is 0 Å². The van der Waals surface area contributed by atoms with Crippen LogP contribution in [0.15, 0.2) is 36.7 Å². The SMILES string of the molecule is CCOC(=O)c1ccc2c(C)c(-c3cc4ccnc(C5CCNCC5)c4n3CC3CC3)nn2c1. The van der Waals surface area contributed by atoms with Crippen LogP contribution in [0.4, 0.5) is 0 Å². The Kier molecular flexibility index (Phi) is 5.37. The molecular weight excluding hydrogens is 426 g/mol. The molecule has 34 heavy (non-hydrogen) atoms. The Labute approximate surface area is 199 Å². The summed E-state index contributed by atoms with van der Waals surface area (Å²) >= 11 is 0. The van der Waals surface area contributed by atoms with Gasteiger partial charge < -0.3 is 14.6 Å². The summed E-state index contributed by atoms with van der Waals surface area (Å²) in [7, 11) is 0. The lowest BCUT2D eigenvalue weighted by Crippen LogP contribution is -2.27. The Bertz CT molecular complexity index is 1370. The number of nitrogens with zero attached hydrogens (tertiary/aromatic N) is 4. The van der Waals surface area contributed by atoms with Gasteiger partial charge in [-0.05, 0) is 82.8 Å². The van der Waals surface area contributed by atoms with Crippen LogP contribution in [0.5, 0.6) is 0 Å². The molecule has 1 aliphatic heterocycles. The molecule has 4 aromatic rings. The number of hydrogen-bond acceptors (Lipinski definition) is 5. The fraction of sp³-hybridized carbons (Fsp3) is 0.444. The second kappa shape index (κ2) is 8.55. The molecule has 7 heteroatoms. The van der Waals surface area contributed by atoms with Crippen molar-refractivity contribution in [3.05, 3.63) is 53.5 Å². The Morgan fingerprint density at radius 2 is 2.00 bits per heavy atom. The lowest BCUT2D eigenvalue weighted by Gasteiger charge is -2.23. The highest BCUT2D eigenvalue weighted by Gasteiger charge is 2.28. The van der Waals surface area contributed by atoms with E-state index in [0.717, 1.165) is 60.9 Å². The van der Waals surface area contributed by atoms with E-state index in [4.69, 9.17) is 14.8 Å². The molecule has 1 N–H and O–H groups in total. The maximum atomic E-state index is 12.3. The van der Waals surface area contributed by atoms with Crippen LogP contribution in [-0.2, 0) is 11.3 Å². The molecular formula is C27H31N5O2. The number of aryl methyl sites for hydroxylation is 1. The average molecular weight is 458 g/mol. The topological polar surface area (TPSA) is 73.4 Å². The summed E-state index contributed by atoms with van der Waals surface area (Å²) in [5.41, 5.74) is 7.25. The zero-order valence-electron chi connectivity index (χ0n) is 19.9. The predicted octanol–water partition coefficient (Wildman–Crippen LogP) is 4.71. The number of carbonyl (C=O) groups is 1. The molecule has 0 radical (unpaired) electrons. The van der Waals surface area contributed by atoms with Crippen molar-refractivity contribution in [1.29, 1.82) is 0 Å². The first-order chi connectivity index (χ1) is 16.6. The van der Waals surface area contributed by atoms with E-state index >= 15 is 0 Å². The zero-order valence-corrected chi connectivity index (χ0v) is 19.9. The van der Waals surface area contributed by atoms with Crippen molar-refractivity contribution >= 4 is 22.4 Å². The highest BCUT2D eigenvalue weighted by molar-refractivity contribution is 5.91. The fourth-order valence-corrected chi connectivity index (χ4v) is 5.33. The van der Waals surface area contributed by atoms with E-state index in [1.165, 1.54) is 29.4 Å². The normalized spacial score (nSPS) is 17.0. The summed E-state index contributed by atoms with van der Waals surface area (Å²) in [5.74, 6) is 0.891. The van der Waals surface area contributed by atoms with Crippen LogP contribution < -0.4 is 5.32 Å². The molecule has 0 bridgehead atoms. The number of hydrogen-bond donors (Lipinski definition) is 1. The van der Waals surface area contributed by atoms with Crippen LogP contribution in [0.1, 0.15) is 60.1 Å². The Balaban J connectivity index is 1.51. The van der Waals surface area contributed by atoms with E-state index in [0.29, 0.717) is 18.1 Å². The fourth-order valence-electron chi connectivity index (χ4n) is 5.33. The quantitative estimate of drug-likeness (QED) is 0.425. The van der Waals surface area contributed by atoms with Crippen LogP contribution in [0.2, 0.25) is 0 Å². The van der Waals surface area contributed by atoms with Gasteiger partial charge in [0.05, 0.1) is 34.6 Å². The Morgan fingerprint density at radius 3 is 2.76 bits per heavy atom. The van der Waals surface area contributed by atoms with Gasteiger partial charge in [-0.2, -0.15) is 5.10 Å². The summed E-state index contributed by atoms with van der Waals surface area (Å²) in [4.78, 5) is 17.2. The van der Waals surface area contributed by atoms with Gasteiger partial charge in [-0.15, -0.1) is 0 Å². The summed E-state index contributed by atoms with van der Waals surface area (Å²) in [6.45, 7) is 7.39. The molecule has 0 amide bonds. The van der Waals surface area contributed by atoms with E-state index < -0.39 is 0 Å². The minimum atomic E-state index is -0.320. The lowest BCUT2D eigenvalue weighted by molar-refractivity contribution is 0.0525. The number of esters is 1. The minimum absolute atomic E-state index is 0.320. The molecule has 1 saturated heterocycles. The van der Waals surface area contributed by atoms with Crippen LogP contribution in [0, 0.1) is 12.8 Å². The minimum Gasteiger partial charge on any atom is -0.462 e. The number of nitrogens with one attached hydrogen (secondary N) is 1. The number of piperidine rings is 1. The van der Waals surface area contributed by atoms with Crippen LogP contribution in [0.25, 0.3) is 27.8 Å². The molecule has 0 spiro atoms. The molecule has 5 heterocycles. The van der Waals surface area contributed by atoms with Crippen molar-refractivity contribution in [3.63, 3.8) is 0 Å². The first-order valence-corrected chi connectivity index (χ1v) is 12.5. The van der Waals surface area contributed by atoms with Gasteiger partial charge in [0.15, 0.2) is 0 Å². The molecule has 1 aliphatic carbocycles. The third-order valence-electron chi connectivity index (χ3n) is 7.33. The molecule has 6 rings (SSSR count). The predicted molar refractivity (Wildman–Crippen MR) is 132 cm³/mol. The number of rotatable bonds is 6. The van der Waals surface area contributed by atoms with Crippen LogP contribution in [0.3, 0.4) is 0 Å². The number of carbonyl (C=O) groups excluding carboxylic acids is 1. The molecule has 4 aromatic heterocycles. The standard InChI is InChI=1S/C27H31N5O2/c1-3-34-27(33)21-6-7-22-17(2)24(30-32(22)16-21)23-14-20-10-13-29-25(19-8-11-28-12-9-19)26(20)31(23)15-18-4-5-18/h6-7,10,13-14,16,18-19,28H,3-5,8-9,11-12,15H2,1-2H3. The van der Waals surface area contributed by atoms with E-state index in [1.807, 2.05) is 29.8 Å². The molecule has 1 saturated carbocycles. The molecule has 0 aromatic carbocycles. The second-order valence-corrected chi connectivity index (χ2v) is 9.68. The maximum absolute atomic E-state index is 12.3. The molecule has 2 aliphatic rings. The molecule has 2 fully saturated rings. The maximum Gasteiger partial charge on any atom is 0.339 e. The highest BCUT2D eigenvalue weighted by Crippen LogP contribution is 2.39. The Hall–Kier alpha value is -3.19. The van der Waals surface area contributed by atoms with Crippen molar-refractivity contribution in [2.24, 2.45) is 5.92 Å². The molecule has 0 atom stereocenters. The van der Waals surface area contributed by atoms with E-state index in [2.05, 4.69) is 28.9 Å². The van der Waals surface area contributed by atoms with Crippen molar-refractivity contribution in [1.82, 2.24) is 24.5 Å². The van der Waals surface area contributed by atoms with Crippen molar-refractivity contribution in [2.75, 3.05) is 19.7 Å². The van der Waals surface area contributed by atoms with Gasteiger partial charge in [-0.3, -0.25) is 4.98 Å². The number of aromatic nitrogens is 4. The van der Waals surface area contributed by atoms with Crippen molar-refractivity contribution in [3.8, 4) is 11.4 Å². The first kappa shape index (κ1) is 21.4. The average Bonchev–Trinajstić information content (AvgIpc) is 3.53. The third kappa shape index (κ3) is 3.68. The number of fused-ring (bicyclic) bond motifs is 2. The summed E-state index contributed by atoms with van der Waals surface area (Å²) < 4.78 is 9.49. The van der Waals surface area contributed by atoms with Crippen LogP contribution >= 0.6 is 0 Å². The second-order valence-electron chi connectivity index (χ2n) is 9.68. The van der Waals surface area contributed by atoms with E-state index in [1.54, 1.807) is 6.20 Å². The van der Waals surface area contributed by atoms with Gasteiger partial charge in [0, 0.05) is 35.8 Å². The molecule has 7 nitrogen and oxygen atoms in total. The highest BCUT2D eigenvalue weighted by atomic mass is 16.5. The molecule has 176 valence electrons. The largest absolute Gasteiger partial charge is 0.462 e. The van der Waals surface area contributed by atoms with Crippen molar-refractivity contribution in [2.45, 2.75) is 52.0 Å². The van der Waals surface area contributed by atoms with Crippen LogP contribution in [-0.4, -0.2) is 44.8 Å². The van der Waals surface area contributed by atoms with Gasteiger partial charge in [-0.25, -0.2) is 9.31 Å². The van der Waals surface area contributed by atoms with E-state index in [9.17, 15) is 4.79 Å². The van der Waals surface area contributed by atoms with Gasteiger partial charge in [0.1, 0.15) is 5.69 Å². The smallest absolute Gasteiger partial charge is 0.339 e. The summed E-state index contributed by atoms with van der Waals surface area (Å²) in [6, 6.07) is 8.21. The summed E-state index contributed by atoms with van der Waals surface area (Å²) in [6.07, 6.45) is 8.57. The lowest BCUT2D eigenvalue weighted by atomic mass is 9.93. The van der Waals surface area contributed by atoms with Crippen molar-refractivity contribution < 1.29 is 9.53 Å². The van der Waals surface area contributed by atoms with E-state index in [-0.39, 0.29) is 5.97 Å². The Morgan fingerprint density at radius 1 is 1.18 bits per heavy atom. The van der Waals surface area contributed by atoms with Gasteiger partial charge >= 0.3 is 5.97 Å². The number of pyridine rings is 2. The number of ether oxygens (including phenoxy) is 1. The first-order valence-electron chi connectivity index (χ1n) is 12.5. The zero-order chi connectivity index (χ0) is 23.2. The third-order valence-corrected chi connectivity index (χ3v) is 7.33. The summed E-state index contributed by atoms with van der Waals surface area (Å²) in [5, 5.41) is 9.69. The molecule has 0 unspecified atom stereocenters. The monoisotopic (exact) mass is 457 g/mol.